The Labute approximate surface area is 160 Å². The summed E-state index contributed by atoms with van der Waals surface area (Å²) in [6, 6.07) is 11.4. The standard InChI is InChI=1S/C21H24ClNO3/c1-5-24-20-12-16(13-23)11-19(22)21(20)26-9-8-25-17-6-7-18(14(2)3)15(4)10-17/h6-7,10-12,14H,5,8-9H2,1-4H3. The highest BCUT2D eigenvalue weighted by molar-refractivity contribution is 6.32. The van der Waals surface area contributed by atoms with E-state index in [2.05, 4.69) is 32.9 Å². The van der Waals surface area contributed by atoms with Gasteiger partial charge in [-0.05, 0) is 49.1 Å². The first-order chi connectivity index (χ1) is 12.5. The first-order valence-electron chi connectivity index (χ1n) is 8.68. The Morgan fingerprint density at radius 3 is 2.42 bits per heavy atom. The Bertz CT molecular complexity index is 797. The molecule has 0 bridgehead atoms. The van der Waals surface area contributed by atoms with Crippen molar-refractivity contribution in [3.63, 3.8) is 0 Å². The molecule has 0 unspecified atom stereocenters. The second-order valence-corrected chi connectivity index (χ2v) is 6.61. The van der Waals surface area contributed by atoms with Crippen LogP contribution >= 0.6 is 11.6 Å². The maximum Gasteiger partial charge on any atom is 0.179 e. The number of hydrogen-bond donors (Lipinski definition) is 0. The first-order valence-corrected chi connectivity index (χ1v) is 9.06. The summed E-state index contributed by atoms with van der Waals surface area (Å²) >= 11 is 6.22. The lowest BCUT2D eigenvalue weighted by atomic mass is 9.98. The average Bonchev–Trinajstić information content (AvgIpc) is 2.60. The predicted octanol–water partition coefficient (Wildman–Crippen LogP) is 5.50. The number of rotatable bonds is 8. The fraction of sp³-hybridized carbons (Fsp3) is 0.381. The van der Waals surface area contributed by atoms with Crippen LogP contribution in [0.3, 0.4) is 0 Å². The van der Waals surface area contributed by atoms with Gasteiger partial charge in [-0.15, -0.1) is 0 Å². The van der Waals surface area contributed by atoms with Crippen LogP contribution in [0.5, 0.6) is 17.2 Å². The molecule has 0 aromatic heterocycles. The minimum Gasteiger partial charge on any atom is -0.490 e. The number of halogens is 1. The van der Waals surface area contributed by atoms with Crippen LogP contribution in [-0.4, -0.2) is 19.8 Å². The van der Waals surface area contributed by atoms with E-state index in [0.717, 1.165) is 5.75 Å². The van der Waals surface area contributed by atoms with Crippen molar-refractivity contribution in [2.24, 2.45) is 0 Å². The van der Waals surface area contributed by atoms with Gasteiger partial charge in [-0.2, -0.15) is 5.26 Å². The van der Waals surface area contributed by atoms with Gasteiger partial charge < -0.3 is 14.2 Å². The van der Waals surface area contributed by atoms with Gasteiger partial charge in [-0.25, -0.2) is 0 Å². The van der Waals surface area contributed by atoms with Gasteiger partial charge in [0.25, 0.3) is 0 Å². The third-order valence-corrected chi connectivity index (χ3v) is 4.18. The van der Waals surface area contributed by atoms with Crippen LogP contribution in [0.1, 0.15) is 43.4 Å². The first kappa shape index (κ1) is 19.9. The van der Waals surface area contributed by atoms with E-state index < -0.39 is 0 Å². The lowest BCUT2D eigenvalue weighted by molar-refractivity contribution is 0.208. The molecule has 0 aliphatic heterocycles. The Morgan fingerprint density at radius 1 is 1.08 bits per heavy atom. The zero-order valence-electron chi connectivity index (χ0n) is 15.6. The molecule has 0 amide bonds. The lowest BCUT2D eigenvalue weighted by Gasteiger charge is -2.15. The SMILES string of the molecule is CCOc1cc(C#N)cc(Cl)c1OCCOc1ccc(C(C)C)c(C)c1. The van der Waals surface area contributed by atoms with E-state index in [4.69, 9.17) is 31.1 Å². The van der Waals surface area contributed by atoms with Gasteiger partial charge in [0, 0.05) is 6.07 Å². The monoisotopic (exact) mass is 373 g/mol. The summed E-state index contributed by atoms with van der Waals surface area (Å²) in [6.45, 7) is 9.45. The topological polar surface area (TPSA) is 51.5 Å². The molecular weight excluding hydrogens is 350 g/mol. The molecule has 2 aromatic carbocycles. The maximum atomic E-state index is 9.04. The van der Waals surface area contributed by atoms with Crippen LogP contribution in [-0.2, 0) is 0 Å². The summed E-state index contributed by atoms with van der Waals surface area (Å²) in [4.78, 5) is 0. The van der Waals surface area contributed by atoms with Crippen molar-refractivity contribution in [1.82, 2.24) is 0 Å². The Balaban J connectivity index is 1.98. The van der Waals surface area contributed by atoms with Gasteiger partial charge in [0.15, 0.2) is 11.5 Å². The van der Waals surface area contributed by atoms with Crippen LogP contribution < -0.4 is 14.2 Å². The quantitative estimate of drug-likeness (QED) is 0.573. The van der Waals surface area contributed by atoms with E-state index in [1.165, 1.54) is 11.1 Å². The molecule has 0 fully saturated rings. The van der Waals surface area contributed by atoms with E-state index in [0.29, 0.717) is 47.8 Å². The van der Waals surface area contributed by atoms with E-state index in [9.17, 15) is 0 Å². The molecule has 0 N–H and O–H groups in total. The summed E-state index contributed by atoms with van der Waals surface area (Å²) in [5, 5.41) is 9.39. The summed E-state index contributed by atoms with van der Waals surface area (Å²) in [5.41, 5.74) is 2.97. The van der Waals surface area contributed by atoms with Crippen molar-refractivity contribution in [2.75, 3.05) is 19.8 Å². The van der Waals surface area contributed by atoms with Crippen LogP contribution in [0.4, 0.5) is 0 Å². The normalized spacial score (nSPS) is 10.5. The minimum atomic E-state index is 0.316. The zero-order valence-corrected chi connectivity index (χ0v) is 16.4. The Hall–Kier alpha value is -2.38. The fourth-order valence-electron chi connectivity index (χ4n) is 2.72. The highest BCUT2D eigenvalue weighted by Crippen LogP contribution is 2.36. The van der Waals surface area contributed by atoms with E-state index in [-0.39, 0.29) is 0 Å². The molecule has 0 aliphatic rings. The summed E-state index contributed by atoms with van der Waals surface area (Å²) in [6.07, 6.45) is 0. The summed E-state index contributed by atoms with van der Waals surface area (Å²) in [5.74, 6) is 2.20. The Morgan fingerprint density at radius 2 is 1.81 bits per heavy atom. The van der Waals surface area contributed by atoms with Crippen molar-refractivity contribution in [1.29, 1.82) is 5.26 Å². The summed E-state index contributed by atoms with van der Waals surface area (Å²) < 4.78 is 17.0. The number of nitriles is 1. The van der Waals surface area contributed by atoms with Crippen LogP contribution in [0.2, 0.25) is 5.02 Å². The molecule has 26 heavy (non-hydrogen) atoms. The molecule has 0 saturated carbocycles. The van der Waals surface area contributed by atoms with Crippen LogP contribution in [0.25, 0.3) is 0 Å². The third-order valence-electron chi connectivity index (χ3n) is 3.90. The second-order valence-electron chi connectivity index (χ2n) is 6.20. The third kappa shape index (κ3) is 5.06. The molecule has 0 atom stereocenters. The molecule has 2 aromatic rings. The maximum absolute atomic E-state index is 9.04. The fourth-order valence-corrected chi connectivity index (χ4v) is 2.99. The molecule has 0 saturated heterocycles. The van der Waals surface area contributed by atoms with Crippen LogP contribution in [0, 0.1) is 18.3 Å². The van der Waals surface area contributed by atoms with Crippen molar-refractivity contribution in [2.45, 2.75) is 33.6 Å². The Kier molecular flexibility index (Phi) is 7.17. The van der Waals surface area contributed by atoms with Gasteiger partial charge in [0.05, 0.1) is 23.3 Å². The number of nitrogens with zero attached hydrogens (tertiary/aromatic N) is 1. The largest absolute Gasteiger partial charge is 0.490 e. The van der Waals surface area contributed by atoms with Crippen molar-refractivity contribution < 1.29 is 14.2 Å². The van der Waals surface area contributed by atoms with Gasteiger partial charge in [0.1, 0.15) is 19.0 Å². The van der Waals surface area contributed by atoms with Gasteiger partial charge in [-0.3, -0.25) is 0 Å². The second kappa shape index (κ2) is 9.35. The molecule has 5 heteroatoms. The predicted molar refractivity (Wildman–Crippen MR) is 104 cm³/mol. The molecular formula is C21H24ClNO3. The van der Waals surface area contributed by atoms with Gasteiger partial charge in [0.2, 0.25) is 0 Å². The highest BCUT2D eigenvalue weighted by Gasteiger charge is 2.13. The zero-order chi connectivity index (χ0) is 19.1. The minimum absolute atomic E-state index is 0.316. The van der Waals surface area contributed by atoms with Crippen LogP contribution in [0.15, 0.2) is 30.3 Å². The number of aryl methyl sites for hydroxylation is 1. The molecule has 0 aliphatic carbocycles. The van der Waals surface area contributed by atoms with Gasteiger partial charge in [-0.1, -0.05) is 31.5 Å². The van der Waals surface area contributed by atoms with Crippen molar-refractivity contribution in [3.05, 3.63) is 52.0 Å². The number of benzene rings is 2. The van der Waals surface area contributed by atoms with E-state index >= 15 is 0 Å². The van der Waals surface area contributed by atoms with Crippen molar-refractivity contribution in [3.8, 4) is 23.3 Å². The smallest absolute Gasteiger partial charge is 0.179 e. The molecule has 4 nitrogen and oxygen atoms in total. The highest BCUT2D eigenvalue weighted by atomic mass is 35.5. The van der Waals surface area contributed by atoms with Gasteiger partial charge >= 0.3 is 0 Å². The molecule has 0 spiro atoms. The van der Waals surface area contributed by atoms with E-state index in [1.54, 1.807) is 12.1 Å². The average molecular weight is 374 g/mol. The van der Waals surface area contributed by atoms with E-state index in [1.807, 2.05) is 19.1 Å². The molecule has 2 rings (SSSR count). The molecule has 0 heterocycles. The summed E-state index contributed by atoms with van der Waals surface area (Å²) in [7, 11) is 0. The number of hydrogen-bond acceptors (Lipinski definition) is 4. The van der Waals surface area contributed by atoms with Crippen molar-refractivity contribution >= 4 is 11.6 Å². The number of ether oxygens (including phenoxy) is 3. The lowest BCUT2D eigenvalue weighted by Crippen LogP contribution is -2.10. The molecule has 138 valence electrons. The molecule has 0 radical (unpaired) electrons.